The molecule has 3 amide bonds. The number of ether oxygens (including phenoxy) is 5. The van der Waals surface area contributed by atoms with Crippen molar-refractivity contribution in [3.05, 3.63) is 101 Å². The maximum atomic E-state index is 13.5. The van der Waals surface area contributed by atoms with E-state index in [9.17, 15) is 24.3 Å². The van der Waals surface area contributed by atoms with Gasteiger partial charge in [-0.25, -0.2) is 4.79 Å². The van der Waals surface area contributed by atoms with E-state index in [-0.39, 0.29) is 52.8 Å². The van der Waals surface area contributed by atoms with Gasteiger partial charge >= 0.3 is 5.97 Å². The second-order valence-corrected chi connectivity index (χ2v) is 10.2. The molecule has 1 atom stereocenters. The van der Waals surface area contributed by atoms with Gasteiger partial charge in [0.2, 0.25) is 12.5 Å². The molecule has 4 N–H and O–H groups in total. The number of amides is 3. The number of nitrogens with one attached hydrogen (secondary N) is 3. The lowest BCUT2D eigenvalue weighted by Gasteiger charge is -2.17. The summed E-state index contributed by atoms with van der Waals surface area (Å²) in [6, 6.07) is 19.4. The Morgan fingerprint density at radius 1 is 0.702 bits per heavy atom. The summed E-state index contributed by atoms with van der Waals surface area (Å²) in [5.74, 6) is -1.40. The number of carboxylic acid groups (broad SMARTS) is 1. The molecule has 0 saturated heterocycles. The number of aliphatic carboxylic acids is 1. The first-order chi connectivity index (χ1) is 22.7. The van der Waals surface area contributed by atoms with E-state index >= 15 is 0 Å². The predicted molar refractivity (Wildman–Crippen MR) is 170 cm³/mol. The van der Waals surface area contributed by atoms with E-state index in [4.69, 9.17) is 23.7 Å². The summed E-state index contributed by atoms with van der Waals surface area (Å²) in [5, 5.41) is 17.8. The van der Waals surface area contributed by atoms with Crippen molar-refractivity contribution in [2.45, 2.75) is 12.5 Å². The Bertz CT molecular complexity index is 1800. The Hall–Kier alpha value is -6.24. The molecule has 4 aromatic rings. The van der Waals surface area contributed by atoms with Gasteiger partial charge in [0, 0.05) is 34.5 Å². The summed E-state index contributed by atoms with van der Waals surface area (Å²) >= 11 is 0. The molecule has 1 aliphatic heterocycles. The van der Waals surface area contributed by atoms with Gasteiger partial charge in [-0.05, 0) is 54.1 Å². The predicted octanol–water partition coefficient (Wildman–Crippen LogP) is 4.37. The Kier molecular flexibility index (Phi) is 9.75. The maximum absolute atomic E-state index is 13.5. The number of carbonyl (C=O) groups excluding carboxylic acids is 3. The standard InChI is InChI=1S/C34H31N3O10/c1-43-28-15-22(16-29(44-2)30(28)45-3)32(39)36-24-13-21(33(40)37-25(34(41)42)11-19-7-5-4-6-8-19)12-23(17-24)35-31(38)20-9-10-26-27(14-20)47-18-46-26/h4-10,12-17,25H,11,18H2,1-3H3,(H,35,38)(H,36,39)(H,37,40)(H,41,42)/t25-/m0/s1. The van der Waals surface area contributed by atoms with Crippen LogP contribution in [-0.4, -0.2) is 63.0 Å². The van der Waals surface area contributed by atoms with Crippen molar-refractivity contribution < 1.29 is 48.0 Å². The van der Waals surface area contributed by atoms with Gasteiger partial charge in [0.25, 0.3) is 17.7 Å². The van der Waals surface area contributed by atoms with Gasteiger partial charge in [-0.2, -0.15) is 0 Å². The van der Waals surface area contributed by atoms with Crippen LogP contribution >= 0.6 is 0 Å². The molecule has 47 heavy (non-hydrogen) atoms. The molecular formula is C34H31N3O10. The number of anilines is 2. The van der Waals surface area contributed by atoms with Crippen LogP contribution < -0.4 is 39.6 Å². The van der Waals surface area contributed by atoms with E-state index < -0.39 is 29.7 Å². The molecule has 4 aromatic carbocycles. The molecule has 0 aromatic heterocycles. The summed E-state index contributed by atoms with van der Waals surface area (Å²) in [5.41, 5.74) is 1.37. The highest BCUT2D eigenvalue weighted by Gasteiger charge is 2.23. The molecular weight excluding hydrogens is 610 g/mol. The fourth-order valence-corrected chi connectivity index (χ4v) is 4.85. The number of carbonyl (C=O) groups is 4. The lowest BCUT2D eigenvalue weighted by molar-refractivity contribution is -0.139. The molecule has 0 radical (unpaired) electrons. The van der Waals surface area contributed by atoms with Crippen molar-refractivity contribution in [2.75, 3.05) is 38.8 Å². The third-order valence-electron chi connectivity index (χ3n) is 7.16. The molecule has 0 spiro atoms. The van der Waals surface area contributed by atoms with Crippen LogP contribution in [-0.2, 0) is 11.2 Å². The Morgan fingerprint density at radius 3 is 1.89 bits per heavy atom. The highest BCUT2D eigenvalue weighted by atomic mass is 16.7. The van der Waals surface area contributed by atoms with E-state index in [0.717, 1.165) is 0 Å². The zero-order chi connectivity index (χ0) is 33.5. The Morgan fingerprint density at radius 2 is 1.30 bits per heavy atom. The lowest BCUT2D eigenvalue weighted by atomic mass is 10.0. The highest BCUT2D eigenvalue weighted by molar-refractivity contribution is 6.09. The molecule has 1 aliphatic rings. The van der Waals surface area contributed by atoms with Gasteiger partial charge in [0.15, 0.2) is 23.0 Å². The summed E-state index contributed by atoms with van der Waals surface area (Å²) in [4.78, 5) is 52.1. The van der Waals surface area contributed by atoms with Gasteiger partial charge in [0.05, 0.1) is 21.3 Å². The minimum atomic E-state index is -1.26. The largest absolute Gasteiger partial charge is 0.493 e. The second kappa shape index (κ2) is 14.2. The fourth-order valence-electron chi connectivity index (χ4n) is 4.85. The van der Waals surface area contributed by atoms with Crippen molar-refractivity contribution in [1.29, 1.82) is 0 Å². The third kappa shape index (κ3) is 7.53. The molecule has 13 heteroatoms. The number of carboxylic acids is 1. The maximum Gasteiger partial charge on any atom is 0.326 e. The molecule has 0 saturated carbocycles. The van der Waals surface area contributed by atoms with E-state index in [1.807, 2.05) is 0 Å². The SMILES string of the molecule is COc1cc(C(=O)Nc2cc(NC(=O)c3ccc4c(c3)OCO4)cc(C(=O)N[C@@H](Cc3ccccc3)C(=O)O)c2)cc(OC)c1OC. The number of rotatable bonds is 12. The monoisotopic (exact) mass is 641 g/mol. The molecule has 1 heterocycles. The average Bonchev–Trinajstić information content (AvgIpc) is 3.55. The smallest absolute Gasteiger partial charge is 0.326 e. The lowest BCUT2D eigenvalue weighted by Crippen LogP contribution is -2.42. The van der Waals surface area contributed by atoms with Crippen LogP contribution in [0.5, 0.6) is 28.7 Å². The van der Waals surface area contributed by atoms with Crippen LogP contribution in [0.4, 0.5) is 11.4 Å². The second-order valence-electron chi connectivity index (χ2n) is 10.2. The summed E-state index contributed by atoms with van der Waals surface area (Å²) in [6.45, 7) is 0.0359. The number of fused-ring (bicyclic) bond motifs is 1. The van der Waals surface area contributed by atoms with Gasteiger partial charge in [0.1, 0.15) is 6.04 Å². The number of hydrogen-bond acceptors (Lipinski definition) is 9. The number of benzene rings is 4. The van der Waals surface area contributed by atoms with Gasteiger partial charge in [-0.3, -0.25) is 14.4 Å². The molecule has 13 nitrogen and oxygen atoms in total. The normalized spacial score (nSPS) is 12.0. The number of hydrogen-bond donors (Lipinski definition) is 4. The number of methoxy groups -OCH3 is 3. The minimum absolute atomic E-state index is 0.0204. The van der Waals surface area contributed by atoms with E-state index in [2.05, 4.69) is 16.0 Å². The van der Waals surface area contributed by atoms with E-state index in [1.54, 1.807) is 42.5 Å². The Labute approximate surface area is 269 Å². The molecule has 5 rings (SSSR count). The van der Waals surface area contributed by atoms with Gasteiger partial charge in [-0.15, -0.1) is 0 Å². The first-order valence-electron chi connectivity index (χ1n) is 14.2. The molecule has 0 aliphatic carbocycles. The first-order valence-corrected chi connectivity index (χ1v) is 14.2. The van der Waals surface area contributed by atoms with Crippen molar-refractivity contribution in [3.8, 4) is 28.7 Å². The van der Waals surface area contributed by atoms with Crippen molar-refractivity contribution in [1.82, 2.24) is 5.32 Å². The molecule has 0 unspecified atom stereocenters. The molecule has 0 fully saturated rings. The zero-order valence-electron chi connectivity index (χ0n) is 25.6. The van der Waals surface area contributed by atoms with Crippen LogP contribution in [0.15, 0.2) is 78.9 Å². The molecule has 0 bridgehead atoms. The summed E-state index contributed by atoms with van der Waals surface area (Å²) in [7, 11) is 4.27. The summed E-state index contributed by atoms with van der Waals surface area (Å²) < 4.78 is 26.7. The van der Waals surface area contributed by atoms with Crippen LogP contribution in [0.25, 0.3) is 0 Å². The van der Waals surface area contributed by atoms with Crippen LogP contribution in [0, 0.1) is 0 Å². The van der Waals surface area contributed by atoms with Crippen LogP contribution in [0.1, 0.15) is 36.6 Å². The van der Waals surface area contributed by atoms with Crippen molar-refractivity contribution in [2.24, 2.45) is 0 Å². The minimum Gasteiger partial charge on any atom is -0.493 e. The highest BCUT2D eigenvalue weighted by Crippen LogP contribution is 2.38. The fraction of sp³-hybridized carbons (Fsp3) is 0.176. The van der Waals surface area contributed by atoms with Crippen LogP contribution in [0.3, 0.4) is 0 Å². The van der Waals surface area contributed by atoms with E-state index in [1.165, 1.54) is 57.7 Å². The third-order valence-corrected chi connectivity index (χ3v) is 7.16. The van der Waals surface area contributed by atoms with Gasteiger partial charge < -0.3 is 44.7 Å². The van der Waals surface area contributed by atoms with Gasteiger partial charge in [-0.1, -0.05) is 30.3 Å². The summed E-state index contributed by atoms with van der Waals surface area (Å²) in [6.07, 6.45) is 0.0349. The Balaban J connectivity index is 1.45. The zero-order valence-corrected chi connectivity index (χ0v) is 25.6. The molecule has 242 valence electrons. The van der Waals surface area contributed by atoms with Crippen molar-refractivity contribution >= 4 is 35.1 Å². The van der Waals surface area contributed by atoms with E-state index in [0.29, 0.717) is 22.8 Å². The first kappa shape index (κ1) is 32.2. The quantitative estimate of drug-likeness (QED) is 0.174. The van der Waals surface area contributed by atoms with Crippen LogP contribution in [0.2, 0.25) is 0 Å². The topological polar surface area (TPSA) is 171 Å². The average molecular weight is 642 g/mol. The van der Waals surface area contributed by atoms with Crippen molar-refractivity contribution in [3.63, 3.8) is 0 Å².